The van der Waals surface area contributed by atoms with Gasteiger partial charge in [0.2, 0.25) is 0 Å². The Hall–Kier alpha value is -0.630. The zero-order valence-electron chi connectivity index (χ0n) is 20.6. The van der Waals surface area contributed by atoms with Crippen LogP contribution >= 0.6 is 0 Å². The van der Waals surface area contributed by atoms with E-state index >= 15 is 0 Å². The molecule has 0 fully saturated rings. The van der Waals surface area contributed by atoms with E-state index in [1.54, 1.807) is 0 Å². The number of hydrogen-bond acceptors (Lipinski definition) is 2. The number of aliphatic hydroxyl groups is 1. The van der Waals surface area contributed by atoms with Crippen LogP contribution in [0.2, 0.25) is 0 Å². The summed E-state index contributed by atoms with van der Waals surface area (Å²) in [6.07, 6.45) is 30.4. The molecule has 0 aliphatic carbocycles. The Kier molecular flexibility index (Phi) is 24.1. The zero-order valence-corrected chi connectivity index (χ0v) is 20.6. The van der Waals surface area contributed by atoms with Crippen LogP contribution in [0.4, 0.5) is 0 Å². The van der Waals surface area contributed by atoms with Gasteiger partial charge in [0.05, 0.1) is 0 Å². The molecule has 0 radical (unpaired) electrons. The number of aliphatic hydroxyl groups excluding tert-OH is 1. The molecule has 30 heavy (non-hydrogen) atoms. The largest absolute Gasteiger partial charge is 0.385 e. The van der Waals surface area contributed by atoms with Crippen LogP contribution in [0.3, 0.4) is 0 Å². The number of allylic oxidation sites excluding steroid dienone is 2. The van der Waals surface area contributed by atoms with Crippen molar-refractivity contribution in [1.29, 1.82) is 0 Å². The molecule has 0 spiro atoms. The summed E-state index contributed by atoms with van der Waals surface area (Å²) in [4.78, 5) is 12.0. The Morgan fingerprint density at radius 1 is 0.600 bits per heavy atom. The summed E-state index contributed by atoms with van der Waals surface area (Å²) in [5.41, 5.74) is 0. The summed E-state index contributed by atoms with van der Waals surface area (Å²) in [6.45, 7) is 4.50. The fourth-order valence-corrected chi connectivity index (χ4v) is 3.99. The van der Waals surface area contributed by atoms with Gasteiger partial charge in [-0.15, -0.1) is 0 Å². The average molecular weight is 423 g/mol. The first-order valence-corrected chi connectivity index (χ1v) is 13.6. The number of ketones is 1. The van der Waals surface area contributed by atoms with Gasteiger partial charge in [-0.05, 0) is 38.5 Å². The van der Waals surface area contributed by atoms with Crippen LogP contribution in [0.5, 0.6) is 0 Å². The fourth-order valence-electron chi connectivity index (χ4n) is 3.99. The SMILES string of the molecule is CCCCCCCC/C=C\CCCCCCCC(=O)C(O)CCCCCCCCC. The molecule has 0 aromatic rings. The standard InChI is InChI=1S/C28H54O2/c1-3-5-7-9-11-12-13-14-15-16-17-18-20-22-24-26-28(30)27(29)25-23-21-19-10-8-6-4-2/h14-15,27,29H,3-13,16-26H2,1-2H3/b15-14-. The van der Waals surface area contributed by atoms with Crippen molar-refractivity contribution in [2.45, 2.75) is 161 Å². The fraction of sp³-hybridized carbons (Fsp3) is 0.893. The van der Waals surface area contributed by atoms with E-state index in [4.69, 9.17) is 0 Å². The summed E-state index contributed by atoms with van der Waals surface area (Å²) in [5, 5.41) is 10.0. The van der Waals surface area contributed by atoms with Crippen molar-refractivity contribution >= 4 is 5.78 Å². The van der Waals surface area contributed by atoms with Gasteiger partial charge in [0.15, 0.2) is 5.78 Å². The molecule has 2 heteroatoms. The molecule has 2 nitrogen and oxygen atoms in total. The minimum Gasteiger partial charge on any atom is -0.385 e. The highest BCUT2D eigenvalue weighted by Crippen LogP contribution is 2.13. The number of unbranched alkanes of at least 4 members (excludes halogenated alkanes) is 17. The maximum absolute atomic E-state index is 12.0. The van der Waals surface area contributed by atoms with Crippen molar-refractivity contribution < 1.29 is 9.90 Å². The quantitative estimate of drug-likeness (QED) is 0.124. The van der Waals surface area contributed by atoms with E-state index < -0.39 is 6.10 Å². The molecular weight excluding hydrogens is 368 g/mol. The second-order valence-corrected chi connectivity index (χ2v) is 9.23. The van der Waals surface area contributed by atoms with Crippen LogP contribution in [0.25, 0.3) is 0 Å². The second-order valence-electron chi connectivity index (χ2n) is 9.23. The van der Waals surface area contributed by atoms with Crippen molar-refractivity contribution in [1.82, 2.24) is 0 Å². The lowest BCUT2D eigenvalue weighted by Crippen LogP contribution is -2.19. The van der Waals surface area contributed by atoms with Gasteiger partial charge >= 0.3 is 0 Å². The predicted octanol–water partition coefficient (Wildman–Crippen LogP) is 9.09. The molecule has 0 bridgehead atoms. The average Bonchev–Trinajstić information content (AvgIpc) is 2.75. The second kappa shape index (κ2) is 24.6. The van der Waals surface area contributed by atoms with Crippen LogP contribution < -0.4 is 0 Å². The van der Waals surface area contributed by atoms with Crippen molar-refractivity contribution in [2.75, 3.05) is 0 Å². The summed E-state index contributed by atoms with van der Waals surface area (Å²) >= 11 is 0. The molecular formula is C28H54O2. The van der Waals surface area contributed by atoms with E-state index in [1.807, 2.05) is 0 Å². The summed E-state index contributed by atoms with van der Waals surface area (Å²) in [6, 6.07) is 0. The van der Waals surface area contributed by atoms with Gasteiger partial charge in [0.1, 0.15) is 6.10 Å². The Labute approximate surface area is 189 Å². The van der Waals surface area contributed by atoms with E-state index in [0.29, 0.717) is 12.8 Å². The van der Waals surface area contributed by atoms with Gasteiger partial charge in [0, 0.05) is 6.42 Å². The van der Waals surface area contributed by atoms with Crippen molar-refractivity contribution in [2.24, 2.45) is 0 Å². The van der Waals surface area contributed by atoms with Gasteiger partial charge in [-0.3, -0.25) is 4.79 Å². The van der Waals surface area contributed by atoms with Crippen molar-refractivity contribution in [3.63, 3.8) is 0 Å². The maximum atomic E-state index is 12.0. The van der Waals surface area contributed by atoms with E-state index in [-0.39, 0.29) is 5.78 Å². The Morgan fingerprint density at radius 2 is 1.00 bits per heavy atom. The first-order chi connectivity index (χ1) is 14.7. The topological polar surface area (TPSA) is 37.3 Å². The molecule has 0 saturated heterocycles. The summed E-state index contributed by atoms with van der Waals surface area (Å²) < 4.78 is 0. The number of carbonyl (C=O) groups excluding carboxylic acids is 1. The third-order valence-electron chi connectivity index (χ3n) is 6.14. The minimum absolute atomic E-state index is 0.0682. The molecule has 0 amide bonds. The molecule has 0 aromatic carbocycles. The van der Waals surface area contributed by atoms with Gasteiger partial charge in [-0.25, -0.2) is 0 Å². The zero-order chi connectivity index (χ0) is 22.1. The lowest BCUT2D eigenvalue weighted by molar-refractivity contribution is -0.127. The molecule has 0 heterocycles. The lowest BCUT2D eigenvalue weighted by atomic mass is 10.0. The number of hydrogen-bond donors (Lipinski definition) is 1. The van der Waals surface area contributed by atoms with Crippen LogP contribution in [0.15, 0.2) is 12.2 Å². The third kappa shape index (κ3) is 22.1. The van der Waals surface area contributed by atoms with E-state index in [9.17, 15) is 9.90 Å². The van der Waals surface area contributed by atoms with Crippen LogP contribution in [0, 0.1) is 0 Å². The minimum atomic E-state index is -0.711. The van der Waals surface area contributed by atoms with Gasteiger partial charge in [0.25, 0.3) is 0 Å². The van der Waals surface area contributed by atoms with Crippen LogP contribution in [-0.2, 0) is 4.79 Å². The first-order valence-electron chi connectivity index (χ1n) is 13.6. The smallest absolute Gasteiger partial charge is 0.161 e. The van der Waals surface area contributed by atoms with Crippen molar-refractivity contribution in [3.05, 3.63) is 12.2 Å². The highest BCUT2D eigenvalue weighted by atomic mass is 16.3. The Balaban J connectivity index is 3.34. The first kappa shape index (κ1) is 29.4. The van der Waals surface area contributed by atoms with Gasteiger partial charge < -0.3 is 5.11 Å². The number of rotatable bonds is 24. The maximum Gasteiger partial charge on any atom is 0.161 e. The predicted molar refractivity (Wildman–Crippen MR) is 133 cm³/mol. The molecule has 0 aliphatic rings. The van der Waals surface area contributed by atoms with E-state index in [0.717, 1.165) is 25.7 Å². The molecule has 0 rings (SSSR count). The molecule has 1 unspecified atom stereocenters. The molecule has 178 valence electrons. The van der Waals surface area contributed by atoms with E-state index in [2.05, 4.69) is 26.0 Å². The van der Waals surface area contributed by atoms with Gasteiger partial charge in [-0.1, -0.05) is 122 Å². The molecule has 1 atom stereocenters. The van der Waals surface area contributed by atoms with Gasteiger partial charge in [-0.2, -0.15) is 0 Å². The van der Waals surface area contributed by atoms with E-state index in [1.165, 1.54) is 103 Å². The highest BCUT2D eigenvalue weighted by molar-refractivity contribution is 5.82. The molecule has 0 saturated carbocycles. The number of Topliss-reactive ketones (excluding diaryl/α,β-unsaturated/α-hetero) is 1. The number of carbonyl (C=O) groups is 1. The monoisotopic (exact) mass is 422 g/mol. The Morgan fingerprint density at radius 3 is 1.50 bits per heavy atom. The molecule has 1 N–H and O–H groups in total. The Bertz CT molecular complexity index is 375. The third-order valence-corrected chi connectivity index (χ3v) is 6.14. The summed E-state index contributed by atoms with van der Waals surface area (Å²) in [5.74, 6) is 0.0682. The highest BCUT2D eigenvalue weighted by Gasteiger charge is 2.13. The molecule has 0 aromatic heterocycles. The van der Waals surface area contributed by atoms with Crippen LogP contribution in [0.1, 0.15) is 155 Å². The molecule has 0 aliphatic heterocycles. The van der Waals surface area contributed by atoms with Crippen molar-refractivity contribution in [3.8, 4) is 0 Å². The van der Waals surface area contributed by atoms with Crippen LogP contribution in [-0.4, -0.2) is 17.0 Å². The summed E-state index contributed by atoms with van der Waals surface area (Å²) in [7, 11) is 0. The normalized spacial score (nSPS) is 12.6. The lowest BCUT2D eigenvalue weighted by Gasteiger charge is -2.09.